The lowest BCUT2D eigenvalue weighted by Gasteiger charge is -1.95. The van der Waals surface area contributed by atoms with Gasteiger partial charge < -0.3 is 11.1 Å². The van der Waals surface area contributed by atoms with Crippen molar-refractivity contribution < 1.29 is 0 Å². The first-order valence-electron chi connectivity index (χ1n) is 2.74. The van der Waals surface area contributed by atoms with Crippen LogP contribution in [0, 0.1) is 0 Å². The Hall–Kier alpha value is -1.10. The molecule has 1 aromatic heterocycles. The predicted molar refractivity (Wildman–Crippen MR) is 43.6 cm³/mol. The van der Waals surface area contributed by atoms with Gasteiger partial charge in [0.15, 0.2) is 10.9 Å². The Morgan fingerprint density at radius 3 is 3.00 bits per heavy atom. The van der Waals surface area contributed by atoms with E-state index in [4.69, 9.17) is 5.73 Å². The molecule has 0 amide bonds. The van der Waals surface area contributed by atoms with Crippen molar-refractivity contribution in [3.8, 4) is 0 Å². The molecule has 0 radical (unpaired) electrons. The number of nitrogens with one attached hydrogen (secondary N) is 1. The molecule has 0 saturated carbocycles. The molecule has 0 fully saturated rings. The molecule has 0 aliphatic heterocycles. The van der Waals surface area contributed by atoms with E-state index in [0.717, 1.165) is 0 Å². The number of hydrogen-bond donors (Lipinski definition) is 2. The fourth-order valence-corrected chi connectivity index (χ4v) is 0.713. The lowest BCUT2D eigenvalue weighted by atomic mass is 10.6. The van der Waals surface area contributed by atoms with E-state index in [1.807, 2.05) is 7.05 Å². The Morgan fingerprint density at radius 1 is 1.90 bits per heavy atom. The van der Waals surface area contributed by atoms with Crippen LogP contribution in [0.2, 0.25) is 0 Å². The molecule has 0 spiro atoms. The van der Waals surface area contributed by atoms with Gasteiger partial charge in [0, 0.05) is 19.3 Å². The molecule has 0 bridgehead atoms. The predicted octanol–water partition coefficient (Wildman–Crippen LogP) is 0.0756. The van der Waals surface area contributed by atoms with Gasteiger partial charge >= 0.3 is 0 Å². The molecule has 3 N–H and O–H groups in total. The number of anilines is 1. The number of hydrogen-bond acceptors (Lipinski definition) is 2. The van der Waals surface area contributed by atoms with Crippen LogP contribution in [0.15, 0.2) is 12.3 Å². The SMILES string of the molecule is Cn1ccc(NC(N)=S)n1. The van der Waals surface area contributed by atoms with Gasteiger partial charge in [0.2, 0.25) is 0 Å². The molecular weight excluding hydrogens is 148 g/mol. The third-order valence-electron chi connectivity index (χ3n) is 0.965. The second-order valence-corrected chi connectivity index (χ2v) is 2.30. The summed E-state index contributed by atoms with van der Waals surface area (Å²) in [7, 11) is 1.82. The topological polar surface area (TPSA) is 55.9 Å². The number of aromatic nitrogens is 2. The fraction of sp³-hybridized carbons (Fsp3) is 0.200. The molecule has 1 heterocycles. The van der Waals surface area contributed by atoms with Crippen molar-refractivity contribution in [2.75, 3.05) is 5.32 Å². The smallest absolute Gasteiger partial charge is 0.169 e. The van der Waals surface area contributed by atoms with Gasteiger partial charge in [-0.25, -0.2) is 0 Å². The maximum atomic E-state index is 5.20. The lowest BCUT2D eigenvalue weighted by molar-refractivity contribution is 0.771. The molecule has 0 unspecified atom stereocenters. The van der Waals surface area contributed by atoms with Crippen molar-refractivity contribution in [1.29, 1.82) is 0 Å². The minimum atomic E-state index is 0.235. The van der Waals surface area contributed by atoms with Crippen molar-refractivity contribution in [1.82, 2.24) is 9.78 Å². The molecule has 1 rings (SSSR count). The molecule has 0 atom stereocenters. The first kappa shape index (κ1) is 7.01. The summed E-state index contributed by atoms with van der Waals surface area (Å²) >= 11 is 4.60. The summed E-state index contributed by atoms with van der Waals surface area (Å²) in [5.74, 6) is 0.676. The van der Waals surface area contributed by atoms with E-state index in [-0.39, 0.29) is 5.11 Å². The second kappa shape index (κ2) is 2.66. The Morgan fingerprint density at radius 2 is 2.60 bits per heavy atom. The molecule has 0 aliphatic carbocycles. The van der Waals surface area contributed by atoms with Crippen LogP contribution in [0.5, 0.6) is 0 Å². The molecule has 1 aromatic rings. The first-order chi connectivity index (χ1) is 4.68. The lowest BCUT2D eigenvalue weighted by Crippen LogP contribution is -2.19. The van der Waals surface area contributed by atoms with E-state index < -0.39 is 0 Å². The Kier molecular flexibility index (Phi) is 1.86. The van der Waals surface area contributed by atoms with Gasteiger partial charge in [-0.1, -0.05) is 0 Å². The number of nitrogens with two attached hydrogens (primary N) is 1. The van der Waals surface area contributed by atoms with Gasteiger partial charge in [0.1, 0.15) is 0 Å². The van der Waals surface area contributed by atoms with Gasteiger partial charge in [0.25, 0.3) is 0 Å². The highest BCUT2D eigenvalue weighted by Gasteiger charge is 1.93. The normalized spacial score (nSPS) is 9.30. The highest BCUT2D eigenvalue weighted by molar-refractivity contribution is 7.80. The van der Waals surface area contributed by atoms with Crippen LogP contribution in [0.4, 0.5) is 5.82 Å². The van der Waals surface area contributed by atoms with Gasteiger partial charge in [-0.2, -0.15) is 5.10 Å². The summed E-state index contributed by atoms with van der Waals surface area (Å²) in [6, 6.07) is 1.79. The number of thiocarbonyl (C=S) groups is 1. The minimum absolute atomic E-state index is 0.235. The average molecular weight is 156 g/mol. The van der Waals surface area contributed by atoms with Crippen LogP contribution in [0.1, 0.15) is 0 Å². The highest BCUT2D eigenvalue weighted by Crippen LogP contribution is 1.98. The Labute approximate surface area is 64.0 Å². The van der Waals surface area contributed by atoms with Crippen LogP contribution in [0.3, 0.4) is 0 Å². The zero-order chi connectivity index (χ0) is 7.56. The summed E-state index contributed by atoms with van der Waals surface area (Å²) in [4.78, 5) is 0. The fourth-order valence-electron chi connectivity index (χ4n) is 0.608. The van der Waals surface area contributed by atoms with E-state index in [0.29, 0.717) is 5.82 Å². The average Bonchev–Trinajstić information content (AvgIpc) is 2.13. The van der Waals surface area contributed by atoms with Crippen LogP contribution < -0.4 is 11.1 Å². The molecule has 10 heavy (non-hydrogen) atoms. The van der Waals surface area contributed by atoms with Crippen LogP contribution in [-0.4, -0.2) is 14.9 Å². The van der Waals surface area contributed by atoms with Crippen LogP contribution in [-0.2, 0) is 7.05 Å². The minimum Gasteiger partial charge on any atom is -0.376 e. The third-order valence-corrected chi connectivity index (χ3v) is 1.07. The quantitative estimate of drug-likeness (QED) is 0.565. The van der Waals surface area contributed by atoms with E-state index in [1.165, 1.54) is 0 Å². The van der Waals surface area contributed by atoms with Gasteiger partial charge in [-0.05, 0) is 12.2 Å². The highest BCUT2D eigenvalue weighted by atomic mass is 32.1. The molecule has 4 nitrogen and oxygen atoms in total. The standard InChI is InChI=1S/C5H8N4S/c1-9-3-2-4(8-9)7-5(6)10/h2-3H,1H3,(H3,6,7,8,10). The third kappa shape index (κ3) is 1.70. The van der Waals surface area contributed by atoms with Crippen molar-refractivity contribution in [2.45, 2.75) is 0 Å². The number of nitrogens with zero attached hydrogens (tertiary/aromatic N) is 2. The summed E-state index contributed by atoms with van der Waals surface area (Å²) in [6.45, 7) is 0. The second-order valence-electron chi connectivity index (χ2n) is 1.86. The molecule has 5 heteroatoms. The molecule has 0 saturated heterocycles. The van der Waals surface area contributed by atoms with E-state index in [1.54, 1.807) is 16.9 Å². The Balaban J connectivity index is 2.67. The van der Waals surface area contributed by atoms with Gasteiger partial charge in [-0.3, -0.25) is 4.68 Å². The van der Waals surface area contributed by atoms with E-state index in [2.05, 4.69) is 22.6 Å². The summed E-state index contributed by atoms with van der Waals surface area (Å²) < 4.78 is 1.67. The molecule has 0 aliphatic rings. The van der Waals surface area contributed by atoms with E-state index in [9.17, 15) is 0 Å². The largest absolute Gasteiger partial charge is 0.376 e. The van der Waals surface area contributed by atoms with Gasteiger partial charge in [0.05, 0.1) is 0 Å². The van der Waals surface area contributed by atoms with Crippen molar-refractivity contribution in [3.63, 3.8) is 0 Å². The zero-order valence-corrected chi connectivity index (χ0v) is 6.35. The number of rotatable bonds is 1. The Bertz CT molecular complexity index is 242. The van der Waals surface area contributed by atoms with Crippen molar-refractivity contribution >= 4 is 23.1 Å². The zero-order valence-electron chi connectivity index (χ0n) is 5.53. The van der Waals surface area contributed by atoms with E-state index >= 15 is 0 Å². The molecular formula is C5H8N4S. The molecule has 0 aromatic carbocycles. The van der Waals surface area contributed by atoms with Crippen LogP contribution >= 0.6 is 12.2 Å². The summed E-state index contributed by atoms with van der Waals surface area (Å²) in [5, 5.41) is 6.93. The monoisotopic (exact) mass is 156 g/mol. The summed E-state index contributed by atoms with van der Waals surface area (Å²) in [6.07, 6.45) is 1.81. The van der Waals surface area contributed by atoms with Crippen LogP contribution in [0.25, 0.3) is 0 Å². The summed E-state index contributed by atoms with van der Waals surface area (Å²) in [5.41, 5.74) is 5.20. The first-order valence-corrected chi connectivity index (χ1v) is 3.15. The van der Waals surface area contributed by atoms with Crippen molar-refractivity contribution in [2.24, 2.45) is 12.8 Å². The maximum absolute atomic E-state index is 5.20. The molecule has 54 valence electrons. The van der Waals surface area contributed by atoms with Crippen molar-refractivity contribution in [3.05, 3.63) is 12.3 Å². The number of aryl methyl sites for hydroxylation is 1. The van der Waals surface area contributed by atoms with Gasteiger partial charge in [-0.15, -0.1) is 0 Å². The maximum Gasteiger partial charge on any atom is 0.169 e.